The zero-order chi connectivity index (χ0) is 90.6. The molecule has 4 aliphatic heterocycles. The molecule has 0 aliphatic carbocycles. The molecule has 0 spiro atoms. The van der Waals surface area contributed by atoms with Crippen molar-refractivity contribution in [2.45, 2.75) is 155 Å². The van der Waals surface area contributed by atoms with Crippen LogP contribution < -0.4 is 4.74 Å². The molecule has 29 heteroatoms. The predicted octanol–water partition coefficient (Wildman–Crippen LogP) is 17.5. The fourth-order valence-electron chi connectivity index (χ4n) is 19.4. The Labute approximate surface area is 756 Å². The number of methoxy groups -OCH3 is 1. The summed E-state index contributed by atoms with van der Waals surface area (Å²) in [5.74, 6) is 0.738. The van der Waals surface area contributed by atoms with Crippen molar-refractivity contribution in [1.82, 2.24) is 99.5 Å². The van der Waals surface area contributed by atoms with Gasteiger partial charge >= 0.3 is 0 Å². The van der Waals surface area contributed by atoms with Gasteiger partial charge in [-0.3, -0.25) is 58.3 Å². The van der Waals surface area contributed by atoms with Crippen molar-refractivity contribution in [3.05, 3.63) is 283 Å². The van der Waals surface area contributed by atoms with Crippen molar-refractivity contribution < 1.29 is 37.1 Å². The summed E-state index contributed by atoms with van der Waals surface area (Å²) < 4.78 is 54.7. The van der Waals surface area contributed by atoms with E-state index >= 15 is 0 Å². The molecule has 4 aliphatic rings. The fourth-order valence-corrected chi connectivity index (χ4v) is 19.4. The molecule has 0 saturated carbocycles. The van der Waals surface area contributed by atoms with E-state index in [1.807, 2.05) is 153 Å². The third kappa shape index (κ3) is 20.9. The number of carbonyl (C=O) groups excluding carboxylic acids is 4. The number of aromatic nitrogens is 16. The molecule has 20 rings (SSSR count). The number of hydrogen-bond donors (Lipinski definition) is 4. The number of nitrogens with zero attached hydrogens (tertiary/aromatic N) is 17. The standard InChI is InChI=1S/C26H26N6O.C26H29N5O2.C25H25F2N5O.C25H26FN5O/c1-18-9-21(16-31(18)26(33)8-5-19-3-2-4-20(10-19)12-27)17-32-25-7-6-22(11-23(25)15-30-32)24-13-28-29-14-24;1-18-10-20(16-30(18)26(32)9-6-19-4-3-5-24(11-19)33-2)17-31-25-8-7-21(12-22(25)15-29-31)23-13-27-28-14-23;1-16-9-17(14-31(16)24(33)8-6-18-3-2-4-22(26)25(18)27)15-32-23-7-5-19(10-20(23)13-30-32)21-11-28-29-12-21;1-17-10-18(15-30(17)25(32)9-7-19-4-2-3-5-23(19)26)16-31-24-8-6-20(11-21(24)14-29-31)22-12-27-28-13-22/h2-4,6-7,10-11,13-15,18,21H,5,8-9,16-17H2,1H3,(H,28,29);3-5,7-8,11-15,18,20H,6,9-10,16-17H2,1-2H3,(H,27,28);2-5,7,10-13,16-17H,6,8-9,14-15H2,1H3,(H,28,29);2-6,8,11-14,17-18H,7,9-10,15-16H2,1H3,(H,27,28)/t18-,21?;18-,20?;16-,17?;17-,18?/m1111/s1. The molecule has 4 N–H and O–H groups in total. The second kappa shape index (κ2) is 40.4. The van der Waals surface area contributed by atoms with Gasteiger partial charge in [-0.2, -0.15) is 46.1 Å². The molecule has 26 nitrogen and oxygen atoms in total. The second-order valence-electron chi connectivity index (χ2n) is 35.3. The topological polar surface area (TPSA) is 300 Å². The van der Waals surface area contributed by atoms with E-state index < -0.39 is 11.6 Å². The molecular formula is C102H106F3N21O5. The van der Waals surface area contributed by atoms with Crippen LogP contribution in [0.25, 0.3) is 88.1 Å². The summed E-state index contributed by atoms with van der Waals surface area (Å²) in [6, 6.07) is 54.4. The molecule has 8 aromatic carbocycles. The Balaban J connectivity index is 0.000000122. The molecular weight excluding hydrogens is 1660 g/mol. The van der Waals surface area contributed by atoms with Crippen molar-refractivity contribution in [2.75, 3.05) is 33.3 Å². The van der Waals surface area contributed by atoms with Gasteiger partial charge in [0.1, 0.15) is 11.6 Å². The number of carbonyl (C=O) groups is 4. The first-order valence-corrected chi connectivity index (χ1v) is 45.0. The zero-order valence-electron chi connectivity index (χ0n) is 74.1. The molecule has 8 atom stereocenters. The number of fused-ring (bicyclic) bond motifs is 4. The molecule has 8 aromatic heterocycles. The van der Waals surface area contributed by atoms with Crippen LogP contribution in [0.5, 0.6) is 5.75 Å². The lowest BCUT2D eigenvalue weighted by molar-refractivity contribution is -0.132. The van der Waals surface area contributed by atoms with Gasteiger partial charge in [-0.15, -0.1) is 0 Å². The van der Waals surface area contributed by atoms with E-state index in [1.165, 1.54) is 18.2 Å². The molecule has 16 aromatic rings. The van der Waals surface area contributed by atoms with Gasteiger partial charge in [0, 0.05) is 171 Å². The quantitative estimate of drug-likeness (QED) is 0.0414. The van der Waals surface area contributed by atoms with E-state index in [-0.39, 0.29) is 77.9 Å². The number of aryl methyl sites for hydroxylation is 4. The number of nitriles is 1. The highest BCUT2D eigenvalue weighted by molar-refractivity contribution is 5.88. The zero-order valence-corrected chi connectivity index (χ0v) is 74.1. The third-order valence-corrected chi connectivity index (χ3v) is 26.2. The van der Waals surface area contributed by atoms with Crippen LogP contribution in [0.1, 0.15) is 107 Å². The number of aromatic amines is 4. The highest BCUT2D eigenvalue weighted by atomic mass is 19.2. The Morgan fingerprint density at radius 1 is 0.374 bits per heavy atom. The number of nitrogens with one attached hydrogen (secondary N) is 4. The Bertz CT molecular complexity index is 6670. The summed E-state index contributed by atoms with van der Waals surface area (Å²) in [7, 11) is 1.66. The maximum atomic E-state index is 13.9. The summed E-state index contributed by atoms with van der Waals surface area (Å²) in [5.41, 5.74) is 16.6. The lowest BCUT2D eigenvalue weighted by Gasteiger charge is -2.21. The van der Waals surface area contributed by atoms with Gasteiger partial charge < -0.3 is 24.3 Å². The summed E-state index contributed by atoms with van der Waals surface area (Å²) in [5, 5.41) is 59.4. The molecule has 131 heavy (non-hydrogen) atoms. The van der Waals surface area contributed by atoms with E-state index in [4.69, 9.17) is 10.00 Å². The highest BCUT2D eigenvalue weighted by Gasteiger charge is 2.37. The van der Waals surface area contributed by atoms with Crippen molar-refractivity contribution in [3.8, 4) is 56.3 Å². The second-order valence-corrected chi connectivity index (χ2v) is 35.3. The van der Waals surface area contributed by atoms with Crippen molar-refractivity contribution in [2.24, 2.45) is 23.7 Å². The van der Waals surface area contributed by atoms with Gasteiger partial charge in [-0.25, -0.2) is 13.2 Å². The summed E-state index contributed by atoms with van der Waals surface area (Å²) in [6.07, 6.45) is 29.7. The molecule has 4 unspecified atom stereocenters. The summed E-state index contributed by atoms with van der Waals surface area (Å²) >= 11 is 0. The average molecular weight is 1760 g/mol. The molecule has 4 amide bonds. The van der Waals surface area contributed by atoms with Crippen molar-refractivity contribution >= 4 is 67.2 Å². The third-order valence-electron chi connectivity index (χ3n) is 26.2. The predicted molar refractivity (Wildman–Crippen MR) is 497 cm³/mol. The van der Waals surface area contributed by atoms with Gasteiger partial charge in [0.15, 0.2) is 11.6 Å². The molecule has 0 radical (unpaired) electrons. The molecule has 4 fully saturated rings. The number of amides is 4. The SMILES string of the molecule is COc1cccc(CCC(=O)N2CC(Cn3ncc4cc(-c5cn[nH]c5)ccc43)C[C@H]2C)c1.C[C@@H]1CC(Cn2ncc3cc(-c4cn[nH]c4)ccc32)CN1C(=O)CCc1cccc(C#N)c1.C[C@@H]1CC(Cn2ncc3cc(-c4cn[nH]c4)ccc32)CN1C(=O)CCc1cccc(F)c1F.C[C@@H]1CC(Cn2ncc3cc(-c4cn[nH]c4)ccc32)CN1C(=O)CCc1ccccc1F. The van der Waals surface area contributed by atoms with Gasteiger partial charge in [0.25, 0.3) is 0 Å². The van der Waals surface area contributed by atoms with Crippen molar-refractivity contribution in [3.63, 3.8) is 0 Å². The summed E-state index contributed by atoms with van der Waals surface area (Å²) in [4.78, 5) is 59.4. The lowest BCUT2D eigenvalue weighted by atomic mass is 10.1. The van der Waals surface area contributed by atoms with Crippen molar-refractivity contribution in [1.29, 1.82) is 5.26 Å². The van der Waals surface area contributed by atoms with E-state index in [0.717, 1.165) is 182 Å². The maximum Gasteiger partial charge on any atom is 0.223 e. The number of H-pyrrole nitrogens is 4. The molecule has 670 valence electrons. The van der Waals surface area contributed by atoms with Gasteiger partial charge in [-0.05, 0) is 232 Å². The Hall–Kier alpha value is -14.6. The number of ether oxygens (including phenoxy) is 1. The van der Waals surface area contributed by atoms with E-state index in [0.29, 0.717) is 74.1 Å². The monoisotopic (exact) mass is 1760 g/mol. The van der Waals surface area contributed by atoms with E-state index in [2.05, 4.69) is 170 Å². The minimum atomic E-state index is -0.877. The van der Waals surface area contributed by atoms with Gasteiger partial charge in [-0.1, -0.05) is 78.9 Å². The van der Waals surface area contributed by atoms with Crippen LogP contribution >= 0.6 is 0 Å². The number of hydrogen-bond acceptors (Lipinski definition) is 14. The fraction of sp³-hybridized carbons (Fsp3) is 0.324. The van der Waals surface area contributed by atoms with Crippen LogP contribution in [0.3, 0.4) is 0 Å². The van der Waals surface area contributed by atoms with Crippen LogP contribution in [0.4, 0.5) is 13.2 Å². The van der Waals surface area contributed by atoms with Crippen LogP contribution in [-0.2, 0) is 71.0 Å². The summed E-state index contributed by atoms with van der Waals surface area (Å²) in [6.45, 7) is 14.4. The van der Waals surface area contributed by atoms with Gasteiger partial charge in [0.2, 0.25) is 23.6 Å². The van der Waals surface area contributed by atoms with E-state index in [1.54, 1.807) is 31.5 Å². The first-order chi connectivity index (χ1) is 63.8. The van der Waals surface area contributed by atoms with Crippen LogP contribution in [0.2, 0.25) is 0 Å². The number of benzene rings is 8. The largest absolute Gasteiger partial charge is 0.497 e. The van der Waals surface area contributed by atoms with Crippen LogP contribution in [0, 0.1) is 52.5 Å². The number of rotatable bonds is 25. The van der Waals surface area contributed by atoms with E-state index in [9.17, 15) is 32.3 Å². The molecule has 4 saturated heterocycles. The lowest BCUT2D eigenvalue weighted by Crippen LogP contribution is -2.34. The normalized spacial score (nSPS) is 18.3. The average Bonchev–Trinajstić information content (AvgIpc) is 1.66. The molecule has 12 heterocycles. The highest BCUT2D eigenvalue weighted by Crippen LogP contribution is 2.36. The Morgan fingerprint density at radius 3 is 1.05 bits per heavy atom. The Kier molecular flexibility index (Phi) is 27.3. The van der Waals surface area contributed by atoms with Crippen LogP contribution in [-0.4, -0.2) is 181 Å². The van der Waals surface area contributed by atoms with Gasteiger partial charge in [0.05, 0.1) is 90.4 Å². The number of likely N-dealkylation sites (tertiary alicyclic amines) is 4. The molecule has 0 bridgehead atoms. The number of halogens is 3. The minimum absolute atomic E-state index is 0.0243. The first-order valence-electron chi connectivity index (χ1n) is 45.0. The Morgan fingerprint density at radius 2 is 0.702 bits per heavy atom. The minimum Gasteiger partial charge on any atom is -0.497 e. The first kappa shape index (κ1) is 88.5. The smallest absolute Gasteiger partial charge is 0.223 e. The van der Waals surface area contributed by atoms with Crippen LogP contribution in [0.15, 0.2) is 238 Å². The maximum absolute atomic E-state index is 13.9.